The Bertz CT molecular complexity index is 659. The topological polar surface area (TPSA) is 21.3 Å². The number of nitrogens with one attached hydrogen (secondary N) is 1. The Kier molecular flexibility index (Phi) is 4.13. The van der Waals surface area contributed by atoms with E-state index in [1.165, 1.54) is 11.6 Å². The van der Waals surface area contributed by atoms with Crippen molar-refractivity contribution in [2.24, 2.45) is 0 Å². The summed E-state index contributed by atoms with van der Waals surface area (Å²) in [6.45, 7) is 0.741. The predicted octanol–water partition coefficient (Wildman–Crippen LogP) is 4.11. The Morgan fingerprint density at radius 2 is 2.14 bits per heavy atom. The van der Waals surface area contributed by atoms with Gasteiger partial charge in [-0.1, -0.05) is 35.9 Å². The Morgan fingerprint density at radius 1 is 1.29 bits per heavy atom. The van der Waals surface area contributed by atoms with Crippen molar-refractivity contribution < 1.29 is 9.13 Å². The maximum absolute atomic E-state index is 13.4. The van der Waals surface area contributed by atoms with Crippen molar-refractivity contribution in [2.45, 2.75) is 18.9 Å². The molecule has 2 nitrogen and oxygen atoms in total. The molecule has 1 unspecified atom stereocenters. The van der Waals surface area contributed by atoms with E-state index in [1.807, 2.05) is 19.2 Å². The lowest BCUT2D eigenvalue weighted by molar-refractivity contribution is 0.283. The highest BCUT2D eigenvalue weighted by Gasteiger charge is 2.21. The first-order valence-corrected chi connectivity index (χ1v) is 7.45. The molecule has 0 aromatic heterocycles. The highest BCUT2D eigenvalue weighted by Crippen LogP contribution is 2.36. The molecule has 1 aliphatic rings. The summed E-state index contributed by atoms with van der Waals surface area (Å²) in [5.41, 5.74) is 3.22. The molecule has 0 amide bonds. The van der Waals surface area contributed by atoms with Gasteiger partial charge in [0.1, 0.15) is 11.6 Å². The van der Waals surface area contributed by atoms with Crippen LogP contribution in [-0.2, 0) is 6.42 Å². The quantitative estimate of drug-likeness (QED) is 0.921. The van der Waals surface area contributed by atoms with E-state index >= 15 is 0 Å². The van der Waals surface area contributed by atoms with Crippen LogP contribution in [0.1, 0.15) is 29.2 Å². The number of ether oxygens (including phenoxy) is 1. The van der Waals surface area contributed by atoms with Crippen molar-refractivity contribution in [3.8, 4) is 5.75 Å². The molecule has 4 heteroatoms. The summed E-state index contributed by atoms with van der Waals surface area (Å²) in [7, 11) is 1.88. The van der Waals surface area contributed by atoms with Gasteiger partial charge in [0.15, 0.2) is 0 Å². The molecule has 21 heavy (non-hydrogen) atoms. The number of hydrogen-bond acceptors (Lipinski definition) is 2. The Morgan fingerprint density at radius 3 is 2.90 bits per heavy atom. The molecule has 2 aromatic carbocycles. The summed E-state index contributed by atoms with van der Waals surface area (Å²) in [6, 6.07) is 10.9. The minimum absolute atomic E-state index is 0.0730. The lowest BCUT2D eigenvalue weighted by Crippen LogP contribution is -2.20. The molecule has 0 radical (unpaired) electrons. The highest BCUT2D eigenvalue weighted by atomic mass is 35.5. The van der Waals surface area contributed by atoms with Gasteiger partial charge in [-0.05, 0) is 43.1 Å². The normalized spacial score (nSPS) is 15.2. The van der Waals surface area contributed by atoms with Gasteiger partial charge in [0.05, 0.1) is 17.7 Å². The molecule has 0 bridgehead atoms. The SMILES string of the molecule is CNC(c1ccc(F)c(Cl)c1)c1cccc2c1OCCC2. The molecule has 0 fully saturated rings. The molecule has 0 saturated carbocycles. The number of benzene rings is 2. The first-order valence-electron chi connectivity index (χ1n) is 7.07. The minimum Gasteiger partial charge on any atom is -0.493 e. The molecule has 0 aliphatic carbocycles. The standard InChI is InChI=1S/C17H17ClFNO/c1-20-16(12-7-8-15(19)14(18)10-12)13-6-2-4-11-5-3-9-21-17(11)13/h2,4,6-8,10,16,20H,3,5,9H2,1H3. The second kappa shape index (κ2) is 6.04. The van der Waals surface area contributed by atoms with Crippen LogP contribution in [0.15, 0.2) is 36.4 Å². The summed E-state index contributed by atoms with van der Waals surface area (Å²) in [4.78, 5) is 0. The maximum Gasteiger partial charge on any atom is 0.141 e. The lowest BCUT2D eigenvalue weighted by Gasteiger charge is -2.25. The fraction of sp³-hybridized carbons (Fsp3) is 0.294. The maximum atomic E-state index is 13.4. The Hall–Kier alpha value is -1.58. The van der Waals surface area contributed by atoms with Gasteiger partial charge in [0.2, 0.25) is 0 Å². The van der Waals surface area contributed by atoms with E-state index in [2.05, 4.69) is 11.4 Å². The lowest BCUT2D eigenvalue weighted by atomic mass is 9.94. The molecule has 1 N–H and O–H groups in total. The van der Waals surface area contributed by atoms with Crippen LogP contribution in [0.4, 0.5) is 4.39 Å². The van der Waals surface area contributed by atoms with Crippen LogP contribution in [-0.4, -0.2) is 13.7 Å². The number of hydrogen-bond donors (Lipinski definition) is 1. The summed E-state index contributed by atoms with van der Waals surface area (Å²) in [5, 5.41) is 3.41. The van der Waals surface area contributed by atoms with Gasteiger partial charge in [-0.2, -0.15) is 0 Å². The smallest absolute Gasteiger partial charge is 0.141 e. The summed E-state index contributed by atoms with van der Waals surface area (Å²) in [6.07, 6.45) is 2.08. The van der Waals surface area contributed by atoms with Crippen LogP contribution in [0.25, 0.3) is 0 Å². The molecular formula is C17H17ClFNO. The van der Waals surface area contributed by atoms with Gasteiger partial charge in [-0.3, -0.25) is 0 Å². The Balaban J connectivity index is 2.06. The Labute approximate surface area is 128 Å². The third kappa shape index (κ3) is 2.76. The van der Waals surface area contributed by atoms with Crippen molar-refractivity contribution in [1.29, 1.82) is 0 Å². The zero-order valence-electron chi connectivity index (χ0n) is 11.8. The molecule has 1 aliphatic heterocycles. The first kappa shape index (κ1) is 14.4. The van der Waals surface area contributed by atoms with Gasteiger partial charge in [-0.15, -0.1) is 0 Å². The second-order valence-electron chi connectivity index (χ2n) is 5.18. The number of rotatable bonds is 3. The first-order chi connectivity index (χ1) is 10.2. The molecule has 3 rings (SSSR count). The molecular weight excluding hydrogens is 289 g/mol. The average Bonchev–Trinajstić information content (AvgIpc) is 2.52. The average molecular weight is 306 g/mol. The van der Waals surface area contributed by atoms with Crippen molar-refractivity contribution in [3.05, 3.63) is 63.9 Å². The van der Waals surface area contributed by atoms with Crippen LogP contribution >= 0.6 is 11.6 Å². The number of para-hydroxylation sites is 1. The zero-order valence-corrected chi connectivity index (χ0v) is 12.6. The van der Waals surface area contributed by atoms with Gasteiger partial charge >= 0.3 is 0 Å². The van der Waals surface area contributed by atoms with E-state index in [4.69, 9.17) is 16.3 Å². The van der Waals surface area contributed by atoms with Crippen LogP contribution in [0, 0.1) is 5.82 Å². The largest absolute Gasteiger partial charge is 0.493 e. The van der Waals surface area contributed by atoms with Crippen molar-refractivity contribution >= 4 is 11.6 Å². The summed E-state index contributed by atoms with van der Waals surface area (Å²) in [5.74, 6) is 0.546. The number of fused-ring (bicyclic) bond motifs is 1. The second-order valence-corrected chi connectivity index (χ2v) is 5.59. The highest BCUT2D eigenvalue weighted by molar-refractivity contribution is 6.30. The van der Waals surface area contributed by atoms with Crippen molar-refractivity contribution in [2.75, 3.05) is 13.7 Å². The van der Waals surface area contributed by atoms with Crippen molar-refractivity contribution in [3.63, 3.8) is 0 Å². The number of aryl methyl sites for hydroxylation is 1. The van der Waals surface area contributed by atoms with Crippen molar-refractivity contribution in [1.82, 2.24) is 5.32 Å². The summed E-state index contributed by atoms with van der Waals surface area (Å²) < 4.78 is 19.2. The van der Waals surface area contributed by atoms with Gasteiger partial charge < -0.3 is 10.1 Å². The molecule has 0 spiro atoms. The third-order valence-corrected chi connectivity index (χ3v) is 4.13. The minimum atomic E-state index is -0.401. The van der Waals surface area contributed by atoms with Crippen LogP contribution in [0.3, 0.4) is 0 Å². The third-order valence-electron chi connectivity index (χ3n) is 3.84. The predicted molar refractivity (Wildman–Crippen MR) is 82.6 cm³/mol. The van der Waals surface area contributed by atoms with Crippen LogP contribution in [0.5, 0.6) is 5.75 Å². The van der Waals surface area contributed by atoms with Gasteiger partial charge in [0, 0.05) is 5.56 Å². The molecule has 110 valence electrons. The van der Waals surface area contributed by atoms with E-state index in [1.54, 1.807) is 12.1 Å². The van der Waals surface area contributed by atoms with Crippen LogP contribution in [0.2, 0.25) is 5.02 Å². The zero-order chi connectivity index (χ0) is 14.8. The van der Waals surface area contributed by atoms with E-state index in [-0.39, 0.29) is 11.1 Å². The van der Waals surface area contributed by atoms with E-state index in [9.17, 15) is 4.39 Å². The molecule has 1 atom stereocenters. The van der Waals surface area contributed by atoms with E-state index < -0.39 is 5.82 Å². The fourth-order valence-electron chi connectivity index (χ4n) is 2.84. The molecule has 0 saturated heterocycles. The molecule has 1 heterocycles. The van der Waals surface area contributed by atoms with E-state index in [0.29, 0.717) is 0 Å². The summed E-state index contributed by atoms with van der Waals surface area (Å²) >= 11 is 5.91. The fourth-order valence-corrected chi connectivity index (χ4v) is 3.02. The monoisotopic (exact) mass is 305 g/mol. The van der Waals surface area contributed by atoms with Gasteiger partial charge in [-0.25, -0.2) is 4.39 Å². The van der Waals surface area contributed by atoms with Crippen LogP contribution < -0.4 is 10.1 Å². The van der Waals surface area contributed by atoms with E-state index in [0.717, 1.165) is 36.3 Å². The van der Waals surface area contributed by atoms with Gasteiger partial charge in [0.25, 0.3) is 0 Å². The number of halogens is 2. The molecule has 2 aromatic rings.